The number of hydrogen-bond acceptors (Lipinski definition) is 5. The summed E-state index contributed by atoms with van der Waals surface area (Å²) < 4.78 is 1.86. The van der Waals surface area contributed by atoms with E-state index in [1.165, 1.54) is 5.56 Å². The molecule has 0 saturated carbocycles. The molecule has 4 rings (SSSR count). The maximum atomic E-state index is 10.7. The first-order valence-electron chi connectivity index (χ1n) is 10.6. The van der Waals surface area contributed by atoms with Gasteiger partial charge in [0.05, 0.1) is 17.6 Å². The number of fused-ring (bicyclic) bond motifs is 1. The van der Waals surface area contributed by atoms with Crippen molar-refractivity contribution in [2.45, 2.75) is 0 Å². The first-order chi connectivity index (χ1) is 15.2. The Morgan fingerprint density at radius 1 is 1.03 bits per heavy atom. The highest BCUT2D eigenvalue weighted by Gasteiger charge is 2.21. The highest BCUT2D eigenvalue weighted by Crippen LogP contribution is 2.22. The fraction of sp³-hybridized carbons (Fsp3) is 0.280. The van der Waals surface area contributed by atoms with E-state index in [2.05, 4.69) is 45.1 Å². The molecule has 3 aromatic rings. The van der Waals surface area contributed by atoms with Crippen molar-refractivity contribution in [2.75, 3.05) is 39.3 Å². The van der Waals surface area contributed by atoms with E-state index in [9.17, 15) is 10.4 Å². The SMILES string of the molecule is Cn1c(/C(C#N)=C(\O)CN2CCN(C/C=C/c3ccccc3)CC2)nc2ccccc21. The molecule has 6 nitrogen and oxygen atoms in total. The molecule has 0 bridgehead atoms. The van der Waals surface area contributed by atoms with Crippen molar-refractivity contribution in [1.29, 1.82) is 5.26 Å². The predicted molar refractivity (Wildman–Crippen MR) is 124 cm³/mol. The van der Waals surface area contributed by atoms with Crippen LogP contribution in [0.1, 0.15) is 11.4 Å². The number of aliphatic hydroxyl groups is 1. The van der Waals surface area contributed by atoms with Crippen LogP contribution in [0.25, 0.3) is 22.7 Å². The number of rotatable bonds is 6. The number of benzene rings is 2. The second-order valence-corrected chi connectivity index (χ2v) is 7.81. The van der Waals surface area contributed by atoms with E-state index < -0.39 is 0 Å². The first-order valence-corrected chi connectivity index (χ1v) is 10.6. The van der Waals surface area contributed by atoms with Gasteiger partial charge in [0.2, 0.25) is 0 Å². The van der Waals surface area contributed by atoms with Gasteiger partial charge in [-0.3, -0.25) is 9.80 Å². The number of aryl methyl sites for hydroxylation is 1. The van der Waals surface area contributed by atoms with Gasteiger partial charge in [-0.05, 0) is 17.7 Å². The minimum absolute atomic E-state index is 0.0818. The Kier molecular flexibility index (Phi) is 6.46. The van der Waals surface area contributed by atoms with Crippen LogP contribution >= 0.6 is 0 Å². The summed E-state index contributed by atoms with van der Waals surface area (Å²) in [6, 6.07) is 20.2. The van der Waals surface area contributed by atoms with E-state index in [1.807, 2.05) is 54.1 Å². The molecule has 0 aliphatic carbocycles. The monoisotopic (exact) mass is 413 g/mol. The number of imidazole rings is 1. The van der Waals surface area contributed by atoms with Gasteiger partial charge in [0.25, 0.3) is 0 Å². The summed E-state index contributed by atoms with van der Waals surface area (Å²) in [6.07, 6.45) is 4.35. The average Bonchev–Trinajstić information content (AvgIpc) is 3.13. The van der Waals surface area contributed by atoms with Crippen molar-refractivity contribution in [1.82, 2.24) is 19.4 Å². The van der Waals surface area contributed by atoms with E-state index in [0.29, 0.717) is 12.4 Å². The van der Waals surface area contributed by atoms with Gasteiger partial charge >= 0.3 is 0 Å². The van der Waals surface area contributed by atoms with E-state index in [1.54, 1.807) is 0 Å². The minimum Gasteiger partial charge on any atom is -0.509 e. The Morgan fingerprint density at radius 2 is 1.71 bits per heavy atom. The minimum atomic E-state index is 0.0818. The molecular weight excluding hydrogens is 386 g/mol. The van der Waals surface area contributed by atoms with Gasteiger partial charge in [-0.25, -0.2) is 4.98 Å². The third-order valence-electron chi connectivity index (χ3n) is 5.72. The maximum absolute atomic E-state index is 10.7. The molecule has 1 aromatic heterocycles. The molecule has 158 valence electrons. The number of piperazine rings is 1. The van der Waals surface area contributed by atoms with E-state index in [-0.39, 0.29) is 11.3 Å². The van der Waals surface area contributed by atoms with Crippen LogP contribution in [0.2, 0.25) is 0 Å². The summed E-state index contributed by atoms with van der Waals surface area (Å²) in [5.41, 5.74) is 3.21. The lowest BCUT2D eigenvalue weighted by Gasteiger charge is -2.33. The molecule has 0 radical (unpaired) electrons. The van der Waals surface area contributed by atoms with Crippen LogP contribution < -0.4 is 0 Å². The summed E-state index contributed by atoms with van der Waals surface area (Å²) >= 11 is 0. The number of para-hydroxylation sites is 2. The van der Waals surface area contributed by atoms with Gasteiger partial charge < -0.3 is 9.67 Å². The fourth-order valence-corrected chi connectivity index (χ4v) is 3.94. The van der Waals surface area contributed by atoms with Crippen molar-refractivity contribution in [3.05, 3.63) is 77.8 Å². The molecule has 0 atom stereocenters. The number of nitrogens with zero attached hydrogens (tertiary/aromatic N) is 5. The zero-order valence-electron chi connectivity index (χ0n) is 17.8. The molecule has 1 saturated heterocycles. The number of nitriles is 1. The summed E-state index contributed by atoms with van der Waals surface area (Å²) in [4.78, 5) is 9.14. The quantitative estimate of drug-likeness (QED) is 0.493. The van der Waals surface area contributed by atoms with Crippen LogP contribution in [0.15, 0.2) is 66.4 Å². The summed E-state index contributed by atoms with van der Waals surface area (Å²) in [7, 11) is 1.87. The summed E-state index contributed by atoms with van der Waals surface area (Å²) in [5.74, 6) is 0.587. The van der Waals surface area contributed by atoms with E-state index in [4.69, 9.17) is 0 Å². The molecule has 0 amide bonds. The van der Waals surface area contributed by atoms with Crippen LogP contribution in [0.3, 0.4) is 0 Å². The Morgan fingerprint density at radius 3 is 2.42 bits per heavy atom. The fourth-order valence-electron chi connectivity index (χ4n) is 3.94. The van der Waals surface area contributed by atoms with Crippen LogP contribution in [0.4, 0.5) is 0 Å². The van der Waals surface area contributed by atoms with Gasteiger partial charge in [-0.1, -0.05) is 54.6 Å². The van der Waals surface area contributed by atoms with Crippen LogP contribution in [0.5, 0.6) is 0 Å². The van der Waals surface area contributed by atoms with Crippen molar-refractivity contribution in [3.8, 4) is 6.07 Å². The third kappa shape index (κ3) is 4.85. The molecular formula is C25H27N5O. The molecule has 1 N–H and O–H groups in total. The Hall–Kier alpha value is -3.40. The lowest BCUT2D eigenvalue weighted by atomic mass is 10.2. The molecule has 2 aromatic carbocycles. The lowest BCUT2D eigenvalue weighted by Crippen LogP contribution is -2.46. The van der Waals surface area contributed by atoms with Crippen LogP contribution in [-0.4, -0.2) is 63.7 Å². The molecule has 6 heteroatoms. The second-order valence-electron chi connectivity index (χ2n) is 7.81. The molecule has 2 heterocycles. The highest BCUT2D eigenvalue weighted by molar-refractivity contribution is 5.83. The van der Waals surface area contributed by atoms with Crippen LogP contribution in [0, 0.1) is 11.3 Å². The van der Waals surface area contributed by atoms with Gasteiger partial charge in [-0.15, -0.1) is 0 Å². The normalized spacial score (nSPS) is 16.5. The molecule has 0 spiro atoms. The standard InChI is InChI=1S/C25H27N5O/c1-28-23-12-6-5-11-22(23)27-25(28)21(18-26)24(31)19-30-16-14-29(15-17-30)13-7-10-20-8-3-2-4-9-20/h2-12,31H,13-17,19H2,1H3/b10-7+,24-21-. The maximum Gasteiger partial charge on any atom is 0.155 e. The van der Waals surface area contributed by atoms with Gasteiger partial charge in [-0.2, -0.15) is 5.26 Å². The van der Waals surface area contributed by atoms with Gasteiger partial charge in [0.15, 0.2) is 5.82 Å². The number of allylic oxidation sites excluding steroid dienone is 1. The third-order valence-corrected chi connectivity index (χ3v) is 5.72. The Balaban J connectivity index is 1.36. The zero-order valence-corrected chi connectivity index (χ0v) is 17.8. The number of aliphatic hydroxyl groups excluding tert-OH is 1. The average molecular weight is 414 g/mol. The highest BCUT2D eigenvalue weighted by atomic mass is 16.3. The van der Waals surface area contributed by atoms with E-state index >= 15 is 0 Å². The first kappa shape index (κ1) is 20.9. The number of aromatic nitrogens is 2. The molecule has 1 aliphatic rings. The molecule has 0 unspecified atom stereocenters. The molecule has 1 aliphatic heterocycles. The smallest absolute Gasteiger partial charge is 0.155 e. The Labute approximate surface area is 183 Å². The van der Waals surface area contributed by atoms with E-state index in [0.717, 1.165) is 43.8 Å². The van der Waals surface area contributed by atoms with Gasteiger partial charge in [0.1, 0.15) is 17.4 Å². The Bertz CT molecular complexity index is 1130. The predicted octanol–water partition coefficient (Wildman–Crippen LogP) is 3.70. The zero-order chi connectivity index (χ0) is 21.6. The van der Waals surface area contributed by atoms with Crippen molar-refractivity contribution in [2.24, 2.45) is 7.05 Å². The number of hydrogen-bond donors (Lipinski definition) is 1. The topological polar surface area (TPSA) is 68.3 Å². The van der Waals surface area contributed by atoms with Gasteiger partial charge in [0, 0.05) is 39.8 Å². The van der Waals surface area contributed by atoms with Crippen molar-refractivity contribution in [3.63, 3.8) is 0 Å². The largest absolute Gasteiger partial charge is 0.509 e. The summed E-state index contributed by atoms with van der Waals surface area (Å²) in [5, 5.41) is 20.4. The lowest BCUT2D eigenvalue weighted by molar-refractivity contribution is 0.140. The molecule has 31 heavy (non-hydrogen) atoms. The van der Waals surface area contributed by atoms with Crippen LogP contribution in [-0.2, 0) is 7.05 Å². The summed E-state index contributed by atoms with van der Waals surface area (Å²) in [6.45, 7) is 4.84. The molecule has 1 fully saturated rings. The van der Waals surface area contributed by atoms with Crippen molar-refractivity contribution >= 4 is 22.7 Å². The van der Waals surface area contributed by atoms with Crippen molar-refractivity contribution < 1.29 is 5.11 Å². The second kappa shape index (κ2) is 9.61.